The number of hydrogen-bond donors (Lipinski definition) is 2. The number of aromatic nitrogens is 1. The molecular weight excluding hydrogens is 382 g/mol. The Morgan fingerprint density at radius 1 is 0.742 bits per heavy atom. The summed E-state index contributed by atoms with van der Waals surface area (Å²) in [6.07, 6.45) is 2.04. The highest BCUT2D eigenvalue weighted by Crippen LogP contribution is 2.40. The Balaban J connectivity index is 1.57. The highest BCUT2D eigenvalue weighted by Gasteiger charge is 2.22. The fourth-order valence-corrected chi connectivity index (χ4v) is 4.09. The van der Waals surface area contributed by atoms with Crippen molar-refractivity contribution < 1.29 is 9.84 Å². The van der Waals surface area contributed by atoms with Crippen LogP contribution in [0.3, 0.4) is 0 Å². The van der Waals surface area contributed by atoms with Crippen LogP contribution < -0.4 is 4.74 Å². The quantitative estimate of drug-likeness (QED) is 0.333. The van der Waals surface area contributed by atoms with Gasteiger partial charge in [0.2, 0.25) is 0 Å². The SMILES string of the molecule is Oc1ccccc1C(c1ccccc1)c1c[nH]c2ccc(OCc3ccccc3)cc12. The fourth-order valence-electron chi connectivity index (χ4n) is 4.09. The lowest BCUT2D eigenvalue weighted by Gasteiger charge is -2.19. The predicted molar refractivity (Wildman–Crippen MR) is 125 cm³/mol. The molecule has 3 nitrogen and oxygen atoms in total. The van der Waals surface area contributed by atoms with E-state index in [-0.39, 0.29) is 5.92 Å². The molecule has 0 radical (unpaired) electrons. The number of rotatable bonds is 6. The van der Waals surface area contributed by atoms with Gasteiger partial charge in [-0.05, 0) is 41.0 Å². The second-order valence-corrected chi connectivity index (χ2v) is 7.63. The number of fused-ring (bicyclic) bond motifs is 1. The molecule has 152 valence electrons. The number of phenols is 1. The van der Waals surface area contributed by atoms with Crippen molar-refractivity contribution in [1.82, 2.24) is 4.98 Å². The topological polar surface area (TPSA) is 45.2 Å². The van der Waals surface area contributed by atoms with E-state index in [4.69, 9.17) is 4.74 Å². The van der Waals surface area contributed by atoms with Gasteiger partial charge in [-0.15, -0.1) is 0 Å². The number of ether oxygens (including phenoxy) is 1. The average molecular weight is 405 g/mol. The lowest BCUT2D eigenvalue weighted by molar-refractivity contribution is 0.306. The largest absolute Gasteiger partial charge is 0.508 e. The second kappa shape index (κ2) is 8.41. The maximum Gasteiger partial charge on any atom is 0.120 e. The van der Waals surface area contributed by atoms with Crippen LogP contribution in [0.15, 0.2) is 109 Å². The Morgan fingerprint density at radius 2 is 1.45 bits per heavy atom. The van der Waals surface area contributed by atoms with Gasteiger partial charge in [0.1, 0.15) is 18.1 Å². The number of hydrogen-bond acceptors (Lipinski definition) is 2. The molecule has 0 fully saturated rings. The maximum atomic E-state index is 10.6. The van der Waals surface area contributed by atoms with Crippen LogP contribution >= 0.6 is 0 Å². The molecule has 0 bridgehead atoms. The zero-order valence-corrected chi connectivity index (χ0v) is 17.0. The van der Waals surface area contributed by atoms with Crippen molar-refractivity contribution in [2.45, 2.75) is 12.5 Å². The van der Waals surface area contributed by atoms with Crippen molar-refractivity contribution in [3.05, 3.63) is 132 Å². The van der Waals surface area contributed by atoms with E-state index in [0.717, 1.165) is 38.9 Å². The van der Waals surface area contributed by atoms with Crippen LogP contribution in [-0.2, 0) is 6.61 Å². The first-order valence-electron chi connectivity index (χ1n) is 10.4. The third kappa shape index (κ3) is 3.90. The van der Waals surface area contributed by atoms with E-state index >= 15 is 0 Å². The first-order valence-corrected chi connectivity index (χ1v) is 10.4. The van der Waals surface area contributed by atoms with E-state index in [9.17, 15) is 5.11 Å². The smallest absolute Gasteiger partial charge is 0.120 e. The van der Waals surface area contributed by atoms with Crippen molar-refractivity contribution >= 4 is 10.9 Å². The molecule has 0 aliphatic rings. The Labute approximate surface area is 181 Å². The molecule has 1 heterocycles. The van der Waals surface area contributed by atoms with E-state index in [2.05, 4.69) is 35.3 Å². The van der Waals surface area contributed by atoms with Crippen molar-refractivity contribution in [2.24, 2.45) is 0 Å². The summed E-state index contributed by atoms with van der Waals surface area (Å²) in [5, 5.41) is 11.7. The molecule has 0 aliphatic heterocycles. The van der Waals surface area contributed by atoms with E-state index < -0.39 is 0 Å². The summed E-state index contributed by atoms with van der Waals surface area (Å²) < 4.78 is 6.08. The van der Waals surface area contributed by atoms with E-state index in [1.54, 1.807) is 6.07 Å². The zero-order chi connectivity index (χ0) is 21.0. The molecule has 1 aromatic heterocycles. The van der Waals surface area contributed by atoms with Crippen molar-refractivity contribution in [3.8, 4) is 11.5 Å². The Bertz CT molecular complexity index is 1290. The summed E-state index contributed by atoms with van der Waals surface area (Å²) in [6.45, 7) is 0.522. The number of aromatic amines is 1. The number of phenolic OH excluding ortho intramolecular Hbond substituents is 1. The fraction of sp³-hybridized carbons (Fsp3) is 0.0714. The maximum absolute atomic E-state index is 10.6. The molecule has 0 amide bonds. The molecule has 5 rings (SSSR count). The minimum atomic E-state index is -0.0967. The van der Waals surface area contributed by atoms with Gasteiger partial charge in [0.05, 0.1) is 0 Å². The minimum absolute atomic E-state index is 0.0967. The number of para-hydroxylation sites is 1. The van der Waals surface area contributed by atoms with Crippen LogP contribution in [0.4, 0.5) is 0 Å². The number of aromatic hydroxyl groups is 1. The van der Waals surface area contributed by atoms with Gasteiger partial charge >= 0.3 is 0 Å². The lowest BCUT2D eigenvalue weighted by Crippen LogP contribution is -2.03. The van der Waals surface area contributed by atoms with Gasteiger partial charge < -0.3 is 14.8 Å². The predicted octanol–water partition coefficient (Wildman–Crippen LogP) is 6.63. The van der Waals surface area contributed by atoms with Crippen LogP contribution in [-0.4, -0.2) is 10.1 Å². The third-order valence-corrected chi connectivity index (χ3v) is 5.63. The first-order chi connectivity index (χ1) is 15.3. The van der Waals surface area contributed by atoms with E-state index in [0.29, 0.717) is 12.4 Å². The van der Waals surface area contributed by atoms with Crippen molar-refractivity contribution in [3.63, 3.8) is 0 Å². The average Bonchev–Trinajstić information content (AvgIpc) is 3.23. The molecule has 0 aliphatic carbocycles. The van der Waals surface area contributed by atoms with Gasteiger partial charge in [0, 0.05) is 28.6 Å². The van der Waals surface area contributed by atoms with Gasteiger partial charge in [-0.3, -0.25) is 0 Å². The lowest BCUT2D eigenvalue weighted by atomic mass is 9.84. The van der Waals surface area contributed by atoms with Crippen LogP contribution in [0.2, 0.25) is 0 Å². The summed E-state index contributed by atoms with van der Waals surface area (Å²) in [5.41, 5.74) is 5.28. The summed E-state index contributed by atoms with van der Waals surface area (Å²) in [5.74, 6) is 1.02. The van der Waals surface area contributed by atoms with E-state index in [1.807, 2.05) is 72.9 Å². The number of benzene rings is 4. The summed E-state index contributed by atoms with van der Waals surface area (Å²) in [7, 11) is 0. The molecule has 5 aromatic rings. The number of H-pyrrole nitrogens is 1. The highest BCUT2D eigenvalue weighted by atomic mass is 16.5. The van der Waals surface area contributed by atoms with Crippen LogP contribution in [0.25, 0.3) is 10.9 Å². The highest BCUT2D eigenvalue weighted by molar-refractivity contribution is 5.86. The Kier molecular flexibility index (Phi) is 5.16. The number of nitrogens with one attached hydrogen (secondary N) is 1. The molecule has 1 unspecified atom stereocenters. The Morgan fingerprint density at radius 3 is 2.23 bits per heavy atom. The van der Waals surface area contributed by atoms with Gasteiger partial charge in [-0.2, -0.15) is 0 Å². The van der Waals surface area contributed by atoms with Crippen molar-refractivity contribution in [1.29, 1.82) is 0 Å². The molecule has 0 saturated heterocycles. The van der Waals surface area contributed by atoms with Crippen LogP contribution in [0, 0.1) is 0 Å². The molecule has 2 N–H and O–H groups in total. The first kappa shape index (κ1) is 19.0. The summed E-state index contributed by atoms with van der Waals surface area (Å²) in [6, 6.07) is 34.1. The van der Waals surface area contributed by atoms with E-state index in [1.165, 1.54) is 0 Å². The van der Waals surface area contributed by atoms with Crippen LogP contribution in [0.1, 0.15) is 28.2 Å². The van der Waals surface area contributed by atoms with Gasteiger partial charge in [-0.25, -0.2) is 0 Å². The van der Waals surface area contributed by atoms with Crippen LogP contribution in [0.5, 0.6) is 11.5 Å². The molecule has 0 spiro atoms. The van der Waals surface area contributed by atoms with Gasteiger partial charge in [0.25, 0.3) is 0 Å². The standard InChI is InChI=1S/C28H23NO2/c30-27-14-8-7-13-23(27)28(21-11-5-2-6-12-21)25-18-29-26-16-15-22(17-24(25)26)31-19-20-9-3-1-4-10-20/h1-18,28-30H,19H2. The molecule has 4 aromatic carbocycles. The summed E-state index contributed by atoms with van der Waals surface area (Å²) in [4.78, 5) is 3.39. The normalized spacial score (nSPS) is 12.0. The van der Waals surface area contributed by atoms with Crippen molar-refractivity contribution in [2.75, 3.05) is 0 Å². The molecule has 31 heavy (non-hydrogen) atoms. The monoisotopic (exact) mass is 405 g/mol. The third-order valence-electron chi connectivity index (χ3n) is 5.63. The second-order valence-electron chi connectivity index (χ2n) is 7.63. The minimum Gasteiger partial charge on any atom is -0.508 e. The molecule has 1 atom stereocenters. The zero-order valence-electron chi connectivity index (χ0n) is 17.0. The van der Waals surface area contributed by atoms with Gasteiger partial charge in [-0.1, -0.05) is 78.9 Å². The molecule has 0 saturated carbocycles. The summed E-state index contributed by atoms with van der Waals surface area (Å²) >= 11 is 0. The molecule has 3 heteroatoms. The molecular formula is C28H23NO2. The van der Waals surface area contributed by atoms with Gasteiger partial charge in [0.15, 0.2) is 0 Å². The Hall–Kier alpha value is -3.98.